The highest BCUT2D eigenvalue weighted by Crippen LogP contribution is 2.11. The molecule has 1 aromatic rings. The highest BCUT2D eigenvalue weighted by molar-refractivity contribution is 5.98. The maximum absolute atomic E-state index is 11.7. The second-order valence-corrected chi connectivity index (χ2v) is 4.22. The van der Waals surface area contributed by atoms with E-state index >= 15 is 0 Å². The number of carbonyl (C=O) groups is 2. The number of aromatic carboxylic acids is 1. The highest BCUT2D eigenvalue weighted by Gasteiger charge is 2.13. The molecule has 0 saturated heterocycles. The lowest BCUT2D eigenvalue weighted by Gasteiger charge is -2.09. The first-order valence-corrected chi connectivity index (χ1v) is 6.14. The molecule has 0 aliphatic heterocycles. The van der Waals surface area contributed by atoms with Crippen LogP contribution in [0.5, 0.6) is 0 Å². The molecule has 1 N–H and O–H groups in total. The molecule has 0 spiro atoms. The molecule has 20 heavy (non-hydrogen) atoms. The van der Waals surface area contributed by atoms with E-state index in [0.29, 0.717) is 12.0 Å². The normalized spacial score (nSPS) is 12.3. The minimum absolute atomic E-state index is 0.117. The molecule has 0 fully saturated rings. The van der Waals surface area contributed by atoms with Crippen LogP contribution in [0.4, 0.5) is 0 Å². The molecule has 0 amide bonds. The Bertz CT molecular complexity index is 567. The summed E-state index contributed by atoms with van der Waals surface area (Å²) in [4.78, 5) is 22.4. The molecule has 0 aliphatic rings. The van der Waals surface area contributed by atoms with Crippen LogP contribution in [-0.2, 0) is 9.53 Å². The Kier molecular flexibility index (Phi) is 5.48. The predicted octanol–water partition coefficient (Wildman–Crippen LogP) is 2.63. The largest absolute Gasteiger partial charge is 0.478 e. The molecular weight excluding hydrogens is 258 g/mol. The number of ether oxygens (including phenoxy) is 1. The minimum Gasteiger partial charge on any atom is -0.478 e. The van der Waals surface area contributed by atoms with Gasteiger partial charge in [-0.2, -0.15) is 5.26 Å². The number of rotatable bonds is 5. The van der Waals surface area contributed by atoms with E-state index in [1.54, 1.807) is 13.0 Å². The molecule has 1 unspecified atom stereocenters. The summed E-state index contributed by atoms with van der Waals surface area (Å²) in [6, 6.07) is 7.65. The van der Waals surface area contributed by atoms with Crippen LogP contribution in [0.3, 0.4) is 0 Å². The number of hydrogen-bond donors (Lipinski definition) is 1. The molecule has 5 heteroatoms. The molecule has 1 aromatic carbocycles. The van der Waals surface area contributed by atoms with E-state index < -0.39 is 11.9 Å². The number of carboxylic acids is 1. The summed E-state index contributed by atoms with van der Waals surface area (Å²) in [7, 11) is 0. The summed E-state index contributed by atoms with van der Waals surface area (Å²) in [5, 5.41) is 17.7. The molecule has 0 heterocycles. The van der Waals surface area contributed by atoms with Crippen molar-refractivity contribution in [2.75, 3.05) is 0 Å². The van der Waals surface area contributed by atoms with E-state index in [-0.39, 0.29) is 17.2 Å². The van der Waals surface area contributed by atoms with Gasteiger partial charge in [-0.3, -0.25) is 0 Å². The number of nitrogens with zero attached hydrogens (tertiary/aromatic N) is 1. The molecule has 1 atom stereocenters. The Labute approximate surface area is 117 Å². The summed E-state index contributed by atoms with van der Waals surface area (Å²) < 4.78 is 5.06. The Balaban J connectivity index is 2.92. The Hall–Kier alpha value is -2.61. The van der Waals surface area contributed by atoms with Crippen molar-refractivity contribution >= 4 is 18.0 Å². The van der Waals surface area contributed by atoms with E-state index in [1.165, 1.54) is 30.3 Å². The standard InChI is InChI=1S/C15H15NO4/c1-3-10(2)20-15(19)13(9-16)8-11-4-6-12(7-5-11)14(17)18/h4-8,10H,3H2,1-2H3,(H,17,18). The monoisotopic (exact) mass is 273 g/mol. The summed E-state index contributed by atoms with van der Waals surface area (Å²) >= 11 is 0. The van der Waals surface area contributed by atoms with Crippen LogP contribution >= 0.6 is 0 Å². The van der Waals surface area contributed by atoms with Gasteiger partial charge in [0, 0.05) is 0 Å². The van der Waals surface area contributed by atoms with Crippen molar-refractivity contribution in [3.63, 3.8) is 0 Å². The van der Waals surface area contributed by atoms with Crippen molar-refractivity contribution in [3.8, 4) is 6.07 Å². The van der Waals surface area contributed by atoms with Crippen LogP contribution in [0.2, 0.25) is 0 Å². The fourth-order valence-corrected chi connectivity index (χ4v) is 1.35. The van der Waals surface area contributed by atoms with Gasteiger partial charge >= 0.3 is 11.9 Å². The zero-order valence-corrected chi connectivity index (χ0v) is 11.3. The topological polar surface area (TPSA) is 87.4 Å². The van der Waals surface area contributed by atoms with Gasteiger partial charge in [0.2, 0.25) is 0 Å². The molecular formula is C15H15NO4. The second-order valence-electron chi connectivity index (χ2n) is 4.22. The molecule has 0 radical (unpaired) electrons. The zero-order chi connectivity index (χ0) is 15.1. The van der Waals surface area contributed by atoms with Gasteiger partial charge in [-0.05, 0) is 37.1 Å². The third-order valence-corrected chi connectivity index (χ3v) is 2.69. The number of carboxylic acid groups (broad SMARTS) is 1. The van der Waals surface area contributed by atoms with E-state index in [2.05, 4.69) is 0 Å². The molecule has 104 valence electrons. The first-order valence-electron chi connectivity index (χ1n) is 6.14. The van der Waals surface area contributed by atoms with Crippen LogP contribution < -0.4 is 0 Å². The lowest BCUT2D eigenvalue weighted by Crippen LogP contribution is -2.15. The fraction of sp³-hybridized carbons (Fsp3) is 0.267. The van der Waals surface area contributed by atoms with Crippen LogP contribution in [0.15, 0.2) is 29.8 Å². The number of carbonyl (C=O) groups excluding carboxylic acids is 1. The van der Waals surface area contributed by atoms with Crippen molar-refractivity contribution in [2.45, 2.75) is 26.4 Å². The third-order valence-electron chi connectivity index (χ3n) is 2.69. The van der Waals surface area contributed by atoms with Crippen LogP contribution in [-0.4, -0.2) is 23.1 Å². The zero-order valence-electron chi connectivity index (χ0n) is 11.3. The predicted molar refractivity (Wildman–Crippen MR) is 72.8 cm³/mol. The first kappa shape index (κ1) is 15.4. The maximum Gasteiger partial charge on any atom is 0.349 e. The summed E-state index contributed by atoms with van der Waals surface area (Å²) in [5.74, 6) is -1.71. The lowest BCUT2D eigenvalue weighted by molar-refractivity contribution is -0.142. The Morgan fingerprint density at radius 1 is 1.40 bits per heavy atom. The maximum atomic E-state index is 11.7. The average molecular weight is 273 g/mol. The van der Waals surface area contributed by atoms with Crippen molar-refractivity contribution < 1.29 is 19.4 Å². The number of hydrogen-bond acceptors (Lipinski definition) is 4. The molecule has 0 aliphatic carbocycles. The van der Waals surface area contributed by atoms with Gasteiger partial charge in [0.15, 0.2) is 0 Å². The van der Waals surface area contributed by atoms with Crippen LogP contribution in [0.1, 0.15) is 36.2 Å². The van der Waals surface area contributed by atoms with Gasteiger partial charge in [0.25, 0.3) is 0 Å². The Morgan fingerprint density at radius 2 is 2.00 bits per heavy atom. The van der Waals surface area contributed by atoms with E-state index in [0.717, 1.165) is 0 Å². The quantitative estimate of drug-likeness (QED) is 0.506. The average Bonchev–Trinajstić information content (AvgIpc) is 2.44. The molecule has 5 nitrogen and oxygen atoms in total. The first-order chi connectivity index (χ1) is 9.47. The van der Waals surface area contributed by atoms with Gasteiger partial charge in [-0.25, -0.2) is 9.59 Å². The SMILES string of the molecule is CCC(C)OC(=O)C(C#N)=Cc1ccc(C(=O)O)cc1. The Morgan fingerprint density at radius 3 is 2.45 bits per heavy atom. The van der Waals surface area contributed by atoms with E-state index in [4.69, 9.17) is 15.1 Å². The van der Waals surface area contributed by atoms with Gasteiger partial charge in [0.1, 0.15) is 11.6 Å². The smallest absolute Gasteiger partial charge is 0.349 e. The van der Waals surface area contributed by atoms with Crippen LogP contribution in [0.25, 0.3) is 6.08 Å². The number of esters is 1. The van der Waals surface area contributed by atoms with Gasteiger partial charge in [-0.1, -0.05) is 19.1 Å². The lowest BCUT2D eigenvalue weighted by atomic mass is 10.1. The molecule has 0 bridgehead atoms. The van der Waals surface area contributed by atoms with Crippen molar-refractivity contribution in [1.82, 2.24) is 0 Å². The molecule has 1 rings (SSSR count). The highest BCUT2D eigenvalue weighted by atomic mass is 16.5. The van der Waals surface area contributed by atoms with Crippen molar-refractivity contribution in [1.29, 1.82) is 5.26 Å². The second kappa shape index (κ2) is 7.10. The summed E-state index contributed by atoms with van der Waals surface area (Å²) in [5.41, 5.74) is 0.587. The number of nitriles is 1. The van der Waals surface area contributed by atoms with Gasteiger partial charge < -0.3 is 9.84 Å². The van der Waals surface area contributed by atoms with Gasteiger partial charge in [0.05, 0.1) is 11.7 Å². The summed E-state index contributed by atoms with van der Waals surface area (Å²) in [6.45, 7) is 3.62. The van der Waals surface area contributed by atoms with Gasteiger partial charge in [-0.15, -0.1) is 0 Å². The fourth-order valence-electron chi connectivity index (χ4n) is 1.35. The minimum atomic E-state index is -1.03. The summed E-state index contributed by atoms with van der Waals surface area (Å²) in [6.07, 6.45) is 1.78. The molecule has 0 saturated carbocycles. The van der Waals surface area contributed by atoms with Crippen molar-refractivity contribution in [3.05, 3.63) is 41.0 Å². The van der Waals surface area contributed by atoms with E-state index in [9.17, 15) is 9.59 Å². The van der Waals surface area contributed by atoms with Crippen molar-refractivity contribution in [2.24, 2.45) is 0 Å². The van der Waals surface area contributed by atoms with E-state index in [1.807, 2.05) is 6.92 Å². The van der Waals surface area contributed by atoms with Crippen LogP contribution in [0, 0.1) is 11.3 Å². The third kappa shape index (κ3) is 4.25. The molecule has 0 aromatic heterocycles. The number of benzene rings is 1.